The van der Waals surface area contributed by atoms with Gasteiger partial charge in [-0.2, -0.15) is 12.6 Å². The fourth-order valence-corrected chi connectivity index (χ4v) is 3.91. The van der Waals surface area contributed by atoms with Crippen molar-refractivity contribution in [2.24, 2.45) is 0 Å². The molecule has 12 nitrogen and oxygen atoms in total. The largest absolute Gasteiger partial charge is 0.492 e. The van der Waals surface area contributed by atoms with Crippen molar-refractivity contribution in [2.75, 3.05) is 39.5 Å². The lowest BCUT2D eigenvalue weighted by Gasteiger charge is -2.33. The smallest absolute Gasteiger partial charge is 0.119 e. The van der Waals surface area contributed by atoms with E-state index in [4.69, 9.17) is 14.9 Å². The van der Waals surface area contributed by atoms with E-state index in [2.05, 4.69) is 12.6 Å². The van der Waals surface area contributed by atoms with E-state index in [1.165, 1.54) is 4.90 Å². The molecule has 1 aromatic rings. The van der Waals surface area contributed by atoms with Crippen LogP contribution in [0.15, 0.2) is 18.2 Å². The molecule has 0 bridgehead atoms. The molecule has 0 aromatic heterocycles. The van der Waals surface area contributed by atoms with E-state index in [1.807, 2.05) is 19.1 Å². The van der Waals surface area contributed by atoms with Gasteiger partial charge in [0.15, 0.2) is 0 Å². The van der Waals surface area contributed by atoms with Gasteiger partial charge in [-0.15, -0.1) is 0 Å². The number of ether oxygens (including phenoxy) is 1. The molecule has 10 N–H and O–H groups in total. The molecule has 0 aliphatic carbocycles. The van der Waals surface area contributed by atoms with Crippen LogP contribution in [0.5, 0.6) is 5.75 Å². The van der Waals surface area contributed by atoms with E-state index in [1.54, 1.807) is 6.07 Å². The monoisotopic (exact) mass is 539 g/mol. The average molecular weight is 540 g/mol. The molecule has 8 atom stereocenters. The van der Waals surface area contributed by atoms with Gasteiger partial charge in [-0.3, -0.25) is 4.90 Å². The maximum atomic E-state index is 10.4. The van der Waals surface area contributed by atoms with Crippen LogP contribution in [-0.2, 0) is 12.2 Å². The van der Waals surface area contributed by atoms with Crippen molar-refractivity contribution in [3.8, 4) is 5.75 Å². The number of aryl methyl sites for hydroxylation is 1. The average Bonchev–Trinajstić information content (AvgIpc) is 2.89. The normalized spacial score (nSPS) is 18.8. The van der Waals surface area contributed by atoms with Gasteiger partial charge in [-0.25, -0.2) is 0 Å². The van der Waals surface area contributed by atoms with Gasteiger partial charge in [0.2, 0.25) is 0 Å². The van der Waals surface area contributed by atoms with E-state index < -0.39 is 62.0 Å². The van der Waals surface area contributed by atoms with E-state index in [0.717, 1.165) is 17.5 Å². The maximum absolute atomic E-state index is 10.4. The second kappa shape index (κ2) is 16.7. The van der Waals surface area contributed by atoms with E-state index in [-0.39, 0.29) is 26.2 Å². The molecule has 0 aliphatic rings. The molecule has 0 aliphatic heterocycles. The number of benzene rings is 1. The Morgan fingerprint density at radius 1 is 0.750 bits per heavy atom. The Kier molecular flexibility index (Phi) is 15.3. The summed E-state index contributed by atoms with van der Waals surface area (Å²) in [7, 11) is 0. The minimum absolute atomic E-state index is 0.0542. The number of aliphatic hydroxyl groups is 10. The Labute approximate surface area is 216 Å². The van der Waals surface area contributed by atoms with Crippen LogP contribution in [0.1, 0.15) is 18.1 Å². The summed E-state index contributed by atoms with van der Waals surface area (Å²) in [5.41, 5.74) is 2.13. The molecular formula is C23H41NO11S. The molecule has 0 heterocycles. The van der Waals surface area contributed by atoms with E-state index in [0.29, 0.717) is 11.5 Å². The summed E-state index contributed by atoms with van der Waals surface area (Å²) in [5, 5.41) is 97.7. The molecule has 0 spiro atoms. The molecular weight excluding hydrogens is 498 g/mol. The lowest BCUT2D eigenvalue weighted by molar-refractivity contribution is -0.130. The molecule has 0 saturated heterocycles. The number of aliphatic hydroxyl groups excluding tert-OH is 10. The highest BCUT2D eigenvalue weighted by Crippen LogP contribution is 2.20. The van der Waals surface area contributed by atoms with Crippen molar-refractivity contribution in [3.63, 3.8) is 0 Å². The van der Waals surface area contributed by atoms with Crippen molar-refractivity contribution in [1.29, 1.82) is 0 Å². The third kappa shape index (κ3) is 10.0. The van der Waals surface area contributed by atoms with E-state index >= 15 is 0 Å². The highest BCUT2D eigenvalue weighted by molar-refractivity contribution is 7.79. The van der Waals surface area contributed by atoms with Crippen LogP contribution in [-0.4, -0.2) is 144 Å². The lowest BCUT2D eigenvalue weighted by Crippen LogP contribution is -2.53. The van der Waals surface area contributed by atoms with Crippen LogP contribution < -0.4 is 4.74 Å². The van der Waals surface area contributed by atoms with Gasteiger partial charge in [-0.1, -0.05) is 13.0 Å². The van der Waals surface area contributed by atoms with E-state index in [9.17, 15) is 40.9 Å². The Morgan fingerprint density at radius 2 is 1.22 bits per heavy atom. The molecule has 210 valence electrons. The second-order valence-electron chi connectivity index (χ2n) is 8.65. The molecule has 0 amide bonds. The van der Waals surface area contributed by atoms with Crippen molar-refractivity contribution in [2.45, 2.75) is 67.9 Å². The first-order valence-corrected chi connectivity index (χ1v) is 12.4. The minimum atomic E-state index is -1.85. The predicted octanol–water partition coefficient (Wildman–Crippen LogP) is -3.77. The summed E-state index contributed by atoms with van der Waals surface area (Å²) < 4.78 is 5.77. The molecule has 1 aromatic carbocycles. The van der Waals surface area contributed by atoms with Crippen molar-refractivity contribution in [3.05, 3.63) is 29.3 Å². The minimum Gasteiger partial charge on any atom is -0.492 e. The Balaban J connectivity index is 2.91. The first-order chi connectivity index (χ1) is 17.0. The summed E-state index contributed by atoms with van der Waals surface area (Å²) in [6.45, 7) is -0.298. The highest BCUT2D eigenvalue weighted by atomic mass is 32.1. The highest BCUT2D eigenvalue weighted by Gasteiger charge is 2.34. The molecule has 1 rings (SSSR count). The quantitative estimate of drug-likeness (QED) is 0.0811. The summed E-state index contributed by atoms with van der Waals surface area (Å²) in [5.74, 6) is 1.15. The number of hydrogen-bond donors (Lipinski definition) is 11. The first kappa shape index (κ1) is 33.0. The molecule has 0 saturated carbocycles. The van der Waals surface area contributed by atoms with Crippen LogP contribution >= 0.6 is 12.6 Å². The number of thiol groups is 1. The summed E-state index contributed by atoms with van der Waals surface area (Å²) in [6, 6.07) is 5.53. The standard InChI is InChI=1S/C23H41NO11S/c1-2-13-7-15(4-3-14(13)12-36)35-6-5-24(8-16(27)20(31)22(33)18(29)10-25)9-17(28)21(32)23(34)19(30)11-26/h3-4,7,16-23,25-34,36H,2,5-6,8-12H2,1H3/t16-,17-,18-,19-,20-,21-,22-,23-/m1/s1. The van der Waals surface area contributed by atoms with Gasteiger partial charge in [0, 0.05) is 25.4 Å². The third-order valence-electron chi connectivity index (χ3n) is 5.95. The molecule has 36 heavy (non-hydrogen) atoms. The van der Waals surface area contributed by atoms with Gasteiger partial charge in [0.25, 0.3) is 0 Å². The second-order valence-corrected chi connectivity index (χ2v) is 8.96. The fourth-order valence-electron chi connectivity index (χ4n) is 3.60. The fraction of sp³-hybridized carbons (Fsp3) is 0.739. The zero-order valence-corrected chi connectivity index (χ0v) is 21.2. The third-order valence-corrected chi connectivity index (χ3v) is 6.29. The van der Waals surface area contributed by atoms with Crippen LogP contribution in [0.3, 0.4) is 0 Å². The number of rotatable bonds is 18. The van der Waals surface area contributed by atoms with Crippen molar-refractivity contribution in [1.82, 2.24) is 4.90 Å². The number of hydrogen-bond acceptors (Lipinski definition) is 13. The molecule has 13 heteroatoms. The van der Waals surface area contributed by atoms with Crippen LogP contribution in [0.25, 0.3) is 0 Å². The molecule has 0 unspecified atom stereocenters. The Hall–Kier alpha value is -1.07. The molecule has 0 fully saturated rings. The van der Waals surface area contributed by atoms with Crippen molar-refractivity contribution >= 4 is 12.6 Å². The van der Waals surface area contributed by atoms with Gasteiger partial charge in [0.05, 0.1) is 25.4 Å². The van der Waals surface area contributed by atoms with Gasteiger partial charge in [0.1, 0.15) is 49.0 Å². The maximum Gasteiger partial charge on any atom is 0.119 e. The first-order valence-electron chi connectivity index (χ1n) is 11.7. The predicted molar refractivity (Wildman–Crippen MR) is 133 cm³/mol. The van der Waals surface area contributed by atoms with Gasteiger partial charge >= 0.3 is 0 Å². The zero-order valence-electron chi connectivity index (χ0n) is 20.3. The summed E-state index contributed by atoms with van der Waals surface area (Å²) in [4.78, 5) is 1.38. The lowest BCUT2D eigenvalue weighted by atomic mass is 10.0. The summed E-state index contributed by atoms with van der Waals surface area (Å²) in [6.07, 6.45) is -13.3. The van der Waals surface area contributed by atoms with Crippen LogP contribution in [0.2, 0.25) is 0 Å². The Morgan fingerprint density at radius 3 is 1.64 bits per heavy atom. The number of nitrogens with zero attached hydrogens (tertiary/aromatic N) is 1. The SMILES string of the molecule is CCc1cc(OCCN(C[C@@H](O)[C@@H](O)[C@H](O)[C@H](O)CO)C[C@@H](O)[C@@H](O)[C@H](O)[C@H](O)CO)ccc1CS. The van der Waals surface area contributed by atoms with Gasteiger partial charge < -0.3 is 55.8 Å². The van der Waals surface area contributed by atoms with Crippen LogP contribution in [0.4, 0.5) is 0 Å². The summed E-state index contributed by atoms with van der Waals surface area (Å²) >= 11 is 4.30. The Bertz CT molecular complexity index is 716. The van der Waals surface area contributed by atoms with Gasteiger partial charge in [-0.05, 0) is 29.7 Å². The van der Waals surface area contributed by atoms with Crippen LogP contribution in [0, 0.1) is 0 Å². The topological polar surface area (TPSA) is 215 Å². The molecule has 0 radical (unpaired) electrons. The van der Waals surface area contributed by atoms with Crippen molar-refractivity contribution < 1.29 is 55.8 Å². The zero-order chi connectivity index (χ0) is 27.4.